The number of nitro groups is 1. The third-order valence-electron chi connectivity index (χ3n) is 4.70. The highest BCUT2D eigenvalue weighted by atomic mass is 35.5. The molecule has 2 aliphatic rings. The van der Waals surface area contributed by atoms with Crippen molar-refractivity contribution in [2.45, 2.75) is 6.17 Å². The Kier molecular flexibility index (Phi) is 6.99. The van der Waals surface area contributed by atoms with Gasteiger partial charge in [-0.3, -0.25) is 19.9 Å². The number of hydrogen-bond donors (Lipinski definition) is 0. The van der Waals surface area contributed by atoms with E-state index in [1.807, 2.05) is 18.2 Å². The minimum absolute atomic E-state index is 0.00609. The molecule has 0 unspecified atom stereocenters. The van der Waals surface area contributed by atoms with Gasteiger partial charge in [0.2, 0.25) is 6.54 Å². The summed E-state index contributed by atoms with van der Waals surface area (Å²) >= 11 is 5.97. The fourth-order valence-corrected chi connectivity index (χ4v) is 3.47. The second-order valence-corrected chi connectivity index (χ2v) is 6.84. The van der Waals surface area contributed by atoms with Crippen LogP contribution in [0.4, 0.5) is 0 Å². The molecule has 0 saturated carbocycles. The summed E-state index contributed by atoms with van der Waals surface area (Å²) in [6.45, 7) is 5.75. The van der Waals surface area contributed by atoms with Gasteiger partial charge in [-0.05, 0) is 23.8 Å². The lowest BCUT2D eigenvalue weighted by Gasteiger charge is -2.41. The van der Waals surface area contributed by atoms with E-state index >= 15 is 0 Å². The van der Waals surface area contributed by atoms with Gasteiger partial charge in [0.1, 0.15) is 0 Å². The van der Waals surface area contributed by atoms with Gasteiger partial charge in [-0.25, -0.2) is 0 Å². The maximum absolute atomic E-state index is 11.3. The first-order valence-electron chi connectivity index (χ1n) is 8.85. The zero-order valence-electron chi connectivity index (χ0n) is 14.7. The minimum atomic E-state index is -0.282. The van der Waals surface area contributed by atoms with Crippen LogP contribution in [-0.2, 0) is 9.47 Å². The van der Waals surface area contributed by atoms with Gasteiger partial charge in [-0.1, -0.05) is 23.7 Å². The number of morpholine rings is 2. The van der Waals surface area contributed by atoms with Crippen LogP contribution in [0.25, 0.3) is 5.57 Å². The number of hydrogen-bond acceptors (Lipinski definition) is 6. The van der Waals surface area contributed by atoms with Gasteiger partial charge < -0.3 is 9.47 Å². The predicted molar refractivity (Wildman–Crippen MR) is 99.9 cm³/mol. The minimum Gasteiger partial charge on any atom is -0.379 e. The average molecular weight is 382 g/mol. The molecule has 2 heterocycles. The maximum Gasteiger partial charge on any atom is 0.229 e. The molecule has 2 aliphatic heterocycles. The van der Waals surface area contributed by atoms with Crippen molar-refractivity contribution in [3.8, 4) is 0 Å². The van der Waals surface area contributed by atoms with E-state index in [9.17, 15) is 10.1 Å². The highest BCUT2D eigenvalue weighted by molar-refractivity contribution is 6.30. The first-order valence-corrected chi connectivity index (χ1v) is 9.23. The Morgan fingerprint density at radius 2 is 1.58 bits per heavy atom. The monoisotopic (exact) mass is 381 g/mol. The summed E-state index contributed by atoms with van der Waals surface area (Å²) in [6, 6.07) is 7.22. The molecule has 0 radical (unpaired) electrons. The second-order valence-electron chi connectivity index (χ2n) is 6.40. The molecular weight excluding hydrogens is 358 g/mol. The number of nitrogens with zero attached hydrogens (tertiary/aromatic N) is 3. The number of benzene rings is 1. The highest BCUT2D eigenvalue weighted by Gasteiger charge is 2.27. The molecule has 1 aromatic rings. The van der Waals surface area contributed by atoms with Crippen LogP contribution in [0.15, 0.2) is 30.3 Å². The fraction of sp³-hybridized carbons (Fsp3) is 0.556. The lowest BCUT2D eigenvalue weighted by atomic mass is 10.0. The summed E-state index contributed by atoms with van der Waals surface area (Å²) in [5, 5.41) is 11.9. The number of halogens is 1. The van der Waals surface area contributed by atoms with Gasteiger partial charge >= 0.3 is 0 Å². The van der Waals surface area contributed by atoms with Crippen LogP contribution in [-0.4, -0.2) is 80.0 Å². The third kappa shape index (κ3) is 5.25. The van der Waals surface area contributed by atoms with Crippen molar-refractivity contribution in [2.24, 2.45) is 0 Å². The molecule has 0 N–H and O–H groups in total. The summed E-state index contributed by atoms with van der Waals surface area (Å²) in [5.74, 6) is 0. The SMILES string of the molecule is O=[N+]([O-])C/C(=C\C(N1CCOCC1)N1CCOCC1)c1ccc(Cl)cc1. The van der Waals surface area contributed by atoms with Crippen LogP contribution in [0.5, 0.6) is 0 Å². The smallest absolute Gasteiger partial charge is 0.229 e. The van der Waals surface area contributed by atoms with Gasteiger partial charge in [0.25, 0.3) is 0 Å². The molecule has 0 aliphatic carbocycles. The summed E-state index contributed by atoms with van der Waals surface area (Å²) in [5.41, 5.74) is 1.53. The van der Waals surface area contributed by atoms with Gasteiger partial charge in [0, 0.05) is 41.7 Å². The molecule has 2 saturated heterocycles. The molecule has 0 amide bonds. The summed E-state index contributed by atoms with van der Waals surface area (Å²) in [6.07, 6.45) is 2.02. The molecule has 0 bridgehead atoms. The molecule has 0 atom stereocenters. The molecular formula is C18H24ClN3O4. The van der Waals surface area contributed by atoms with Gasteiger partial charge in [0.05, 0.1) is 32.6 Å². The molecule has 2 fully saturated rings. The lowest BCUT2D eigenvalue weighted by molar-refractivity contribution is -0.465. The van der Waals surface area contributed by atoms with Crippen LogP contribution in [0.2, 0.25) is 5.02 Å². The Bertz CT molecular complexity index is 608. The van der Waals surface area contributed by atoms with E-state index in [2.05, 4.69) is 9.80 Å². The molecule has 0 aromatic heterocycles. The summed E-state index contributed by atoms with van der Waals surface area (Å²) in [7, 11) is 0. The van der Waals surface area contributed by atoms with Crippen molar-refractivity contribution in [1.29, 1.82) is 0 Å². The van der Waals surface area contributed by atoms with E-state index in [1.54, 1.807) is 12.1 Å². The maximum atomic E-state index is 11.3. The van der Waals surface area contributed by atoms with Crippen LogP contribution in [0.3, 0.4) is 0 Å². The molecule has 8 heteroatoms. The standard InChI is InChI=1S/C18H24ClN3O4/c19-17-3-1-15(2-4-17)16(14-22(23)24)13-18(20-5-9-25-10-6-20)21-7-11-26-12-8-21/h1-4,13,18H,5-12,14H2/b16-13+. The van der Waals surface area contributed by atoms with E-state index in [0.717, 1.165) is 31.7 Å². The molecule has 1 aromatic carbocycles. The fourth-order valence-electron chi connectivity index (χ4n) is 3.35. The highest BCUT2D eigenvalue weighted by Crippen LogP contribution is 2.22. The Hall–Kier alpha value is -1.51. The van der Waals surface area contributed by atoms with Crippen molar-refractivity contribution < 1.29 is 14.4 Å². The van der Waals surface area contributed by atoms with Gasteiger partial charge in [-0.15, -0.1) is 0 Å². The molecule has 26 heavy (non-hydrogen) atoms. The normalized spacial score (nSPS) is 20.5. The van der Waals surface area contributed by atoms with Gasteiger partial charge in [0.15, 0.2) is 0 Å². The quantitative estimate of drug-likeness (QED) is 0.554. The first kappa shape index (κ1) is 19.3. The van der Waals surface area contributed by atoms with Crippen LogP contribution in [0.1, 0.15) is 5.56 Å². The third-order valence-corrected chi connectivity index (χ3v) is 4.96. The summed E-state index contributed by atoms with van der Waals surface area (Å²) < 4.78 is 11.0. The van der Waals surface area contributed by atoms with Crippen molar-refractivity contribution in [3.05, 3.63) is 51.0 Å². The van der Waals surface area contributed by atoms with Crippen LogP contribution in [0, 0.1) is 10.1 Å². The van der Waals surface area contributed by atoms with Gasteiger partial charge in [-0.2, -0.15) is 0 Å². The molecule has 142 valence electrons. The Balaban J connectivity index is 1.91. The van der Waals surface area contributed by atoms with E-state index < -0.39 is 0 Å². The number of ether oxygens (including phenoxy) is 2. The van der Waals surface area contributed by atoms with E-state index in [1.165, 1.54) is 0 Å². The van der Waals surface area contributed by atoms with Crippen molar-refractivity contribution in [3.63, 3.8) is 0 Å². The second kappa shape index (κ2) is 9.43. The molecule has 0 spiro atoms. The van der Waals surface area contributed by atoms with E-state index in [-0.39, 0.29) is 17.6 Å². The predicted octanol–water partition coefficient (Wildman–Crippen LogP) is 1.99. The Labute approximate surface area is 158 Å². The Morgan fingerprint density at radius 3 is 2.04 bits per heavy atom. The first-order chi connectivity index (χ1) is 12.6. The largest absolute Gasteiger partial charge is 0.379 e. The molecule has 3 rings (SSSR count). The topological polar surface area (TPSA) is 68.1 Å². The zero-order chi connectivity index (χ0) is 18.4. The van der Waals surface area contributed by atoms with Crippen LogP contribution >= 0.6 is 11.6 Å². The lowest BCUT2D eigenvalue weighted by Crippen LogP contribution is -2.54. The number of rotatable bonds is 6. The van der Waals surface area contributed by atoms with Crippen molar-refractivity contribution in [2.75, 3.05) is 59.2 Å². The Morgan fingerprint density at radius 1 is 1.08 bits per heavy atom. The zero-order valence-corrected chi connectivity index (χ0v) is 15.4. The van der Waals surface area contributed by atoms with E-state index in [0.29, 0.717) is 37.0 Å². The average Bonchev–Trinajstić information content (AvgIpc) is 2.67. The van der Waals surface area contributed by atoms with Crippen LogP contribution < -0.4 is 0 Å². The van der Waals surface area contributed by atoms with E-state index in [4.69, 9.17) is 21.1 Å². The summed E-state index contributed by atoms with van der Waals surface area (Å²) in [4.78, 5) is 15.6. The molecule has 7 nitrogen and oxygen atoms in total. The van der Waals surface area contributed by atoms with Crippen molar-refractivity contribution >= 4 is 17.2 Å². The van der Waals surface area contributed by atoms with Crippen molar-refractivity contribution in [1.82, 2.24) is 9.80 Å².